The molecule has 10 heteroatoms. The van der Waals surface area contributed by atoms with Crippen LogP contribution in [-0.4, -0.2) is 32.5 Å². The minimum Gasteiger partial charge on any atom is -0.468 e. The Balaban J connectivity index is 1.77. The molecule has 3 aromatic rings. The number of hydrogen-bond acceptors (Lipinski definition) is 6. The highest BCUT2D eigenvalue weighted by atomic mass is 19.4. The Morgan fingerprint density at radius 3 is 2.56 bits per heavy atom. The maximum atomic E-state index is 12.1. The van der Waals surface area contributed by atoms with Crippen molar-refractivity contribution in [3.8, 4) is 17.3 Å². The molecule has 3 aromatic heterocycles. The number of rotatable bonds is 5. The third kappa shape index (κ3) is 4.22. The molecule has 0 aromatic carbocycles. The lowest BCUT2D eigenvalue weighted by atomic mass is 10.2. The number of alkyl halides is 3. The Bertz CT molecular complexity index is 889. The first-order valence-electron chi connectivity index (χ1n) is 7.04. The van der Waals surface area contributed by atoms with E-state index in [-0.39, 0.29) is 12.4 Å². The Hall–Kier alpha value is -3.17. The molecule has 0 saturated carbocycles. The van der Waals surface area contributed by atoms with E-state index in [2.05, 4.69) is 24.4 Å². The van der Waals surface area contributed by atoms with Crippen LogP contribution in [0.5, 0.6) is 5.88 Å². The lowest BCUT2D eigenvalue weighted by Crippen LogP contribution is -2.19. The molecular weight excluding hydrogens is 341 g/mol. The zero-order valence-corrected chi connectivity index (χ0v) is 12.6. The van der Waals surface area contributed by atoms with Gasteiger partial charge in [-0.1, -0.05) is 11.2 Å². The van der Waals surface area contributed by atoms with Crippen molar-refractivity contribution >= 4 is 0 Å². The Morgan fingerprint density at radius 2 is 1.92 bits per heavy atom. The Kier molecular flexibility index (Phi) is 4.50. The second-order valence-electron chi connectivity index (χ2n) is 5.00. The quantitative estimate of drug-likeness (QED) is 0.701. The van der Waals surface area contributed by atoms with Crippen LogP contribution in [0.1, 0.15) is 5.56 Å². The summed E-state index contributed by atoms with van der Waals surface area (Å²) in [5.74, 6) is -0.512. The van der Waals surface area contributed by atoms with Crippen molar-refractivity contribution in [3.05, 3.63) is 59.0 Å². The minimum atomic E-state index is -4.43. The zero-order valence-electron chi connectivity index (χ0n) is 12.6. The molecule has 0 bridgehead atoms. The van der Waals surface area contributed by atoms with Gasteiger partial charge < -0.3 is 4.74 Å². The maximum Gasteiger partial charge on any atom is 0.442 e. The Morgan fingerprint density at radius 1 is 1.16 bits per heavy atom. The van der Waals surface area contributed by atoms with Crippen LogP contribution in [0.25, 0.3) is 11.4 Å². The highest BCUT2D eigenvalue weighted by Gasteiger charge is 2.28. The molecule has 0 aliphatic heterocycles. The molecule has 0 fully saturated rings. The van der Waals surface area contributed by atoms with Crippen LogP contribution in [0, 0.1) is 0 Å². The molecule has 0 N–H and O–H groups in total. The van der Waals surface area contributed by atoms with Gasteiger partial charge in [-0.05, 0) is 17.7 Å². The molecule has 25 heavy (non-hydrogen) atoms. The van der Waals surface area contributed by atoms with E-state index in [1.54, 1.807) is 24.5 Å². The van der Waals surface area contributed by atoms with Crippen LogP contribution < -0.4 is 10.5 Å². The van der Waals surface area contributed by atoms with Crippen LogP contribution in [0.2, 0.25) is 0 Å². The SMILES string of the molecule is O=c1onc(-c2ccncc2)n1Cc1ccc(OCC(F)(F)F)nc1. The van der Waals surface area contributed by atoms with E-state index in [0.717, 1.165) is 0 Å². The normalized spacial score (nSPS) is 11.5. The number of ether oxygens (including phenoxy) is 1. The van der Waals surface area contributed by atoms with Gasteiger partial charge in [0.05, 0.1) is 6.54 Å². The van der Waals surface area contributed by atoms with Crippen LogP contribution in [-0.2, 0) is 6.54 Å². The maximum absolute atomic E-state index is 12.1. The van der Waals surface area contributed by atoms with Gasteiger partial charge in [-0.3, -0.25) is 14.1 Å². The summed E-state index contributed by atoms with van der Waals surface area (Å²) in [5.41, 5.74) is 1.21. The van der Waals surface area contributed by atoms with Gasteiger partial charge in [-0.15, -0.1) is 0 Å². The van der Waals surface area contributed by atoms with Gasteiger partial charge in [0, 0.05) is 30.2 Å². The van der Waals surface area contributed by atoms with Gasteiger partial charge in [-0.2, -0.15) is 13.2 Å². The molecule has 0 unspecified atom stereocenters. The van der Waals surface area contributed by atoms with Crippen molar-refractivity contribution < 1.29 is 22.4 Å². The third-order valence-corrected chi connectivity index (χ3v) is 3.15. The summed E-state index contributed by atoms with van der Waals surface area (Å²) in [6.45, 7) is -1.33. The summed E-state index contributed by atoms with van der Waals surface area (Å²) in [6, 6.07) is 6.14. The third-order valence-electron chi connectivity index (χ3n) is 3.15. The molecule has 0 aliphatic carbocycles. The van der Waals surface area contributed by atoms with E-state index in [4.69, 9.17) is 0 Å². The summed E-state index contributed by atoms with van der Waals surface area (Å²) in [4.78, 5) is 19.5. The second kappa shape index (κ2) is 6.75. The molecular formula is C15H11F3N4O3. The van der Waals surface area contributed by atoms with Crippen molar-refractivity contribution in [2.45, 2.75) is 12.7 Å². The van der Waals surface area contributed by atoms with Crippen molar-refractivity contribution in [1.82, 2.24) is 19.7 Å². The Labute approximate surface area is 138 Å². The lowest BCUT2D eigenvalue weighted by Gasteiger charge is -2.09. The van der Waals surface area contributed by atoms with Crippen LogP contribution in [0.3, 0.4) is 0 Å². The fourth-order valence-electron chi connectivity index (χ4n) is 2.04. The van der Waals surface area contributed by atoms with Crippen molar-refractivity contribution in [2.24, 2.45) is 0 Å². The largest absolute Gasteiger partial charge is 0.468 e. The first-order chi connectivity index (χ1) is 11.9. The van der Waals surface area contributed by atoms with Gasteiger partial charge in [-0.25, -0.2) is 9.78 Å². The number of halogens is 3. The number of aromatic nitrogens is 4. The molecule has 0 amide bonds. The average Bonchev–Trinajstić information content (AvgIpc) is 2.95. The number of hydrogen-bond donors (Lipinski definition) is 0. The molecule has 3 heterocycles. The highest BCUT2D eigenvalue weighted by Crippen LogP contribution is 2.18. The van der Waals surface area contributed by atoms with Crippen molar-refractivity contribution in [3.63, 3.8) is 0 Å². The topological polar surface area (TPSA) is 83.0 Å². The van der Waals surface area contributed by atoms with E-state index < -0.39 is 18.5 Å². The monoisotopic (exact) mass is 352 g/mol. The standard InChI is InChI=1S/C15H11F3N4O3/c16-15(17,18)9-24-12-2-1-10(7-20-12)8-22-13(21-25-14(22)23)11-3-5-19-6-4-11/h1-7H,8-9H2. The molecule has 0 spiro atoms. The van der Waals surface area contributed by atoms with E-state index in [0.29, 0.717) is 17.0 Å². The van der Waals surface area contributed by atoms with Gasteiger partial charge >= 0.3 is 11.9 Å². The fourth-order valence-corrected chi connectivity index (χ4v) is 2.04. The second-order valence-corrected chi connectivity index (χ2v) is 5.00. The van der Waals surface area contributed by atoms with Gasteiger partial charge in [0.1, 0.15) is 0 Å². The molecule has 0 radical (unpaired) electrons. The van der Waals surface area contributed by atoms with Crippen LogP contribution >= 0.6 is 0 Å². The molecule has 0 aliphatic rings. The van der Waals surface area contributed by atoms with Crippen LogP contribution in [0.15, 0.2) is 52.2 Å². The van der Waals surface area contributed by atoms with Crippen molar-refractivity contribution in [1.29, 1.82) is 0 Å². The van der Waals surface area contributed by atoms with Gasteiger partial charge in [0.2, 0.25) is 5.88 Å². The smallest absolute Gasteiger partial charge is 0.442 e. The molecule has 7 nitrogen and oxygen atoms in total. The summed E-state index contributed by atoms with van der Waals surface area (Å²) >= 11 is 0. The summed E-state index contributed by atoms with van der Waals surface area (Å²) < 4.78 is 46.8. The van der Waals surface area contributed by atoms with E-state index in [9.17, 15) is 18.0 Å². The van der Waals surface area contributed by atoms with E-state index >= 15 is 0 Å². The van der Waals surface area contributed by atoms with Crippen LogP contribution in [0.4, 0.5) is 13.2 Å². The molecule has 130 valence electrons. The summed E-state index contributed by atoms with van der Waals surface area (Å²) in [6.07, 6.45) is -0.0165. The number of pyridine rings is 2. The molecule has 0 atom stereocenters. The summed E-state index contributed by atoms with van der Waals surface area (Å²) in [5, 5.41) is 3.73. The zero-order chi connectivity index (χ0) is 17.9. The fraction of sp³-hybridized carbons (Fsp3) is 0.200. The van der Waals surface area contributed by atoms with Gasteiger partial charge in [0.25, 0.3) is 0 Å². The molecule has 3 rings (SSSR count). The minimum absolute atomic E-state index is 0.0898. The summed E-state index contributed by atoms with van der Waals surface area (Å²) in [7, 11) is 0. The highest BCUT2D eigenvalue weighted by molar-refractivity contribution is 5.53. The van der Waals surface area contributed by atoms with E-state index in [1.165, 1.54) is 22.9 Å². The number of nitrogens with zero attached hydrogens (tertiary/aromatic N) is 4. The lowest BCUT2D eigenvalue weighted by molar-refractivity contribution is -0.154. The predicted octanol–water partition coefficient (Wildman–Crippen LogP) is 2.28. The average molecular weight is 352 g/mol. The van der Waals surface area contributed by atoms with Crippen molar-refractivity contribution in [2.75, 3.05) is 6.61 Å². The first-order valence-corrected chi connectivity index (χ1v) is 7.04. The van der Waals surface area contributed by atoms with E-state index in [1.807, 2.05) is 0 Å². The predicted molar refractivity (Wildman–Crippen MR) is 78.9 cm³/mol. The van der Waals surface area contributed by atoms with Gasteiger partial charge in [0.15, 0.2) is 12.4 Å². The first kappa shape index (κ1) is 16.7. The molecule has 0 saturated heterocycles.